The molecule has 0 unspecified atom stereocenters. The van der Waals surface area contributed by atoms with Crippen molar-refractivity contribution in [2.75, 3.05) is 4.90 Å². The van der Waals surface area contributed by atoms with Crippen molar-refractivity contribution < 1.29 is 4.42 Å². The van der Waals surface area contributed by atoms with Gasteiger partial charge in [-0.15, -0.1) is 11.3 Å². The van der Waals surface area contributed by atoms with Gasteiger partial charge in [0.1, 0.15) is 11.2 Å². The Hall–Kier alpha value is -6.62. The van der Waals surface area contributed by atoms with E-state index in [4.69, 9.17) is 4.42 Å². The molecule has 0 bridgehead atoms. The van der Waals surface area contributed by atoms with Crippen molar-refractivity contribution in [3.05, 3.63) is 182 Å². The standard InChI is InChI=1S/C48H30N2OS/c1-3-12-31(13-4-1)32-22-25-36-39-29-34(23-26-41(39)50(43(36)28-32)33-14-5-2-6-15-33)49(35-24-27-47-40(30-35)37-16-8-10-21-46(37)52-47)42-18-11-20-45-48(42)38-17-7-9-19-44(38)51-45/h1-30H. The van der Waals surface area contributed by atoms with Gasteiger partial charge in [-0.1, -0.05) is 103 Å². The van der Waals surface area contributed by atoms with E-state index in [1.165, 1.54) is 53.1 Å². The molecule has 0 saturated heterocycles. The number of fused-ring (bicyclic) bond motifs is 9. The first kappa shape index (κ1) is 29.1. The van der Waals surface area contributed by atoms with E-state index in [1.54, 1.807) is 0 Å². The van der Waals surface area contributed by atoms with Crippen molar-refractivity contribution in [2.45, 2.75) is 0 Å². The van der Waals surface area contributed by atoms with Crippen molar-refractivity contribution in [1.29, 1.82) is 0 Å². The average molecular weight is 683 g/mol. The van der Waals surface area contributed by atoms with Gasteiger partial charge in [-0.2, -0.15) is 0 Å². The molecule has 244 valence electrons. The highest BCUT2D eigenvalue weighted by molar-refractivity contribution is 7.25. The fraction of sp³-hybridized carbons (Fsp3) is 0. The molecule has 0 spiro atoms. The predicted octanol–water partition coefficient (Wildman–Crippen LogP) is 14.2. The molecule has 0 saturated carbocycles. The van der Waals surface area contributed by atoms with Crippen LogP contribution < -0.4 is 4.90 Å². The lowest BCUT2D eigenvalue weighted by Crippen LogP contribution is -2.10. The van der Waals surface area contributed by atoms with Crippen molar-refractivity contribution in [1.82, 2.24) is 4.57 Å². The molecule has 0 aliphatic heterocycles. The lowest BCUT2D eigenvalue weighted by Gasteiger charge is -2.26. The third-order valence-electron chi connectivity index (χ3n) is 10.4. The van der Waals surface area contributed by atoms with E-state index in [2.05, 4.69) is 185 Å². The van der Waals surface area contributed by atoms with E-state index in [9.17, 15) is 0 Å². The molecule has 3 heterocycles. The molecule has 3 nitrogen and oxygen atoms in total. The monoisotopic (exact) mass is 682 g/mol. The summed E-state index contributed by atoms with van der Waals surface area (Å²) in [6, 6.07) is 65.5. The zero-order valence-corrected chi connectivity index (χ0v) is 28.8. The number of hydrogen-bond donors (Lipinski definition) is 0. The Labute approximate surface area is 303 Å². The summed E-state index contributed by atoms with van der Waals surface area (Å²) in [5.74, 6) is 0. The Bertz CT molecular complexity index is 3130. The van der Waals surface area contributed by atoms with Crippen molar-refractivity contribution in [3.8, 4) is 16.8 Å². The summed E-state index contributed by atoms with van der Waals surface area (Å²) in [4.78, 5) is 2.42. The Morgan fingerprint density at radius 1 is 0.423 bits per heavy atom. The summed E-state index contributed by atoms with van der Waals surface area (Å²) >= 11 is 1.85. The number of para-hydroxylation sites is 2. The zero-order valence-electron chi connectivity index (χ0n) is 28.0. The molecular weight excluding hydrogens is 653 g/mol. The van der Waals surface area contributed by atoms with Gasteiger partial charge in [0, 0.05) is 53.4 Å². The van der Waals surface area contributed by atoms with Gasteiger partial charge in [0.2, 0.25) is 0 Å². The maximum Gasteiger partial charge on any atom is 0.137 e. The number of benzene rings is 8. The highest BCUT2D eigenvalue weighted by Crippen LogP contribution is 2.46. The van der Waals surface area contributed by atoms with Crippen LogP contribution in [-0.4, -0.2) is 4.57 Å². The van der Waals surface area contributed by atoms with Gasteiger partial charge in [0.15, 0.2) is 0 Å². The molecule has 0 N–H and O–H groups in total. The number of nitrogens with zero attached hydrogens (tertiary/aromatic N) is 2. The largest absolute Gasteiger partial charge is 0.456 e. The van der Waals surface area contributed by atoms with Gasteiger partial charge in [-0.3, -0.25) is 0 Å². The number of aromatic nitrogens is 1. The lowest BCUT2D eigenvalue weighted by atomic mass is 10.0. The van der Waals surface area contributed by atoms with Crippen LogP contribution in [0.5, 0.6) is 0 Å². The minimum Gasteiger partial charge on any atom is -0.456 e. The fourth-order valence-electron chi connectivity index (χ4n) is 8.04. The molecule has 0 amide bonds. The quantitative estimate of drug-likeness (QED) is 0.180. The third-order valence-corrected chi connectivity index (χ3v) is 11.5. The van der Waals surface area contributed by atoms with Crippen molar-refractivity contribution >= 4 is 92.3 Å². The third kappa shape index (κ3) is 4.45. The van der Waals surface area contributed by atoms with Crippen molar-refractivity contribution in [2.24, 2.45) is 0 Å². The topological polar surface area (TPSA) is 21.3 Å². The Balaban J connectivity index is 1.20. The Morgan fingerprint density at radius 3 is 1.98 bits per heavy atom. The number of thiophene rings is 1. The summed E-state index contributed by atoms with van der Waals surface area (Å²) in [5.41, 5.74) is 10.9. The van der Waals surface area contributed by atoms with E-state index in [-0.39, 0.29) is 0 Å². The predicted molar refractivity (Wildman–Crippen MR) is 221 cm³/mol. The summed E-state index contributed by atoms with van der Waals surface area (Å²) in [6.07, 6.45) is 0. The number of hydrogen-bond acceptors (Lipinski definition) is 3. The molecule has 11 rings (SSSR count). The highest BCUT2D eigenvalue weighted by atomic mass is 32.1. The first-order valence-electron chi connectivity index (χ1n) is 17.6. The summed E-state index contributed by atoms with van der Waals surface area (Å²) in [5, 5.41) is 7.18. The van der Waals surface area contributed by atoms with Crippen LogP contribution in [0.1, 0.15) is 0 Å². The first-order chi connectivity index (χ1) is 25.8. The highest BCUT2D eigenvalue weighted by Gasteiger charge is 2.22. The molecule has 0 radical (unpaired) electrons. The maximum atomic E-state index is 6.43. The molecular formula is C48H30N2OS. The fourth-order valence-corrected chi connectivity index (χ4v) is 9.12. The number of rotatable bonds is 5. The minimum atomic E-state index is 0.876. The SMILES string of the molecule is c1ccc(-c2ccc3c4cc(N(c5ccc6sc7ccccc7c6c5)c5cccc6oc7ccccc7c56)ccc4n(-c4ccccc4)c3c2)cc1. The Morgan fingerprint density at radius 2 is 1.12 bits per heavy atom. The van der Waals surface area contributed by atoms with Crippen LogP contribution in [0.3, 0.4) is 0 Å². The molecule has 11 aromatic rings. The summed E-state index contributed by atoms with van der Waals surface area (Å²) in [7, 11) is 0. The molecule has 52 heavy (non-hydrogen) atoms. The van der Waals surface area contributed by atoms with E-state index in [1.807, 2.05) is 17.4 Å². The Kier molecular flexibility index (Phi) is 6.42. The zero-order chi connectivity index (χ0) is 34.2. The van der Waals surface area contributed by atoms with Gasteiger partial charge in [-0.05, 0) is 90.0 Å². The number of furan rings is 1. The van der Waals surface area contributed by atoms with Gasteiger partial charge < -0.3 is 13.9 Å². The molecule has 0 aliphatic carbocycles. The van der Waals surface area contributed by atoms with Crippen LogP contribution in [0.4, 0.5) is 17.1 Å². The van der Waals surface area contributed by atoms with Crippen LogP contribution in [0.25, 0.3) is 80.7 Å². The van der Waals surface area contributed by atoms with Crippen LogP contribution in [0, 0.1) is 0 Å². The summed E-state index contributed by atoms with van der Waals surface area (Å²) in [6.45, 7) is 0. The molecule has 0 fully saturated rings. The average Bonchev–Trinajstić information content (AvgIpc) is 3.88. The van der Waals surface area contributed by atoms with Crippen LogP contribution in [0.15, 0.2) is 186 Å². The smallest absolute Gasteiger partial charge is 0.137 e. The lowest BCUT2D eigenvalue weighted by molar-refractivity contribution is 0.669. The molecule has 3 aromatic heterocycles. The second kappa shape index (κ2) is 11.5. The van der Waals surface area contributed by atoms with Crippen LogP contribution in [-0.2, 0) is 0 Å². The molecule has 0 aliphatic rings. The maximum absolute atomic E-state index is 6.43. The molecule has 4 heteroatoms. The molecule has 8 aromatic carbocycles. The summed E-state index contributed by atoms with van der Waals surface area (Å²) < 4.78 is 11.4. The second-order valence-electron chi connectivity index (χ2n) is 13.3. The first-order valence-corrected chi connectivity index (χ1v) is 18.4. The van der Waals surface area contributed by atoms with Gasteiger partial charge in [0.05, 0.1) is 22.1 Å². The van der Waals surface area contributed by atoms with E-state index in [0.29, 0.717) is 0 Å². The normalized spacial score (nSPS) is 11.8. The van der Waals surface area contributed by atoms with Crippen LogP contribution in [0.2, 0.25) is 0 Å². The van der Waals surface area contributed by atoms with Gasteiger partial charge in [0.25, 0.3) is 0 Å². The van der Waals surface area contributed by atoms with Gasteiger partial charge >= 0.3 is 0 Å². The van der Waals surface area contributed by atoms with E-state index in [0.717, 1.165) is 44.7 Å². The number of anilines is 3. The van der Waals surface area contributed by atoms with E-state index >= 15 is 0 Å². The van der Waals surface area contributed by atoms with Crippen LogP contribution >= 0.6 is 11.3 Å². The van der Waals surface area contributed by atoms with Gasteiger partial charge in [-0.25, -0.2) is 0 Å². The minimum absolute atomic E-state index is 0.876. The molecule has 0 atom stereocenters. The van der Waals surface area contributed by atoms with E-state index < -0.39 is 0 Å². The van der Waals surface area contributed by atoms with Crippen molar-refractivity contribution in [3.63, 3.8) is 0 Å². The second-order valence-corrected chi connectivity index (χ2v) is 14.4.